The molecule has 2 aliphatic carbocycles. The van der Waals surface area contributed by atoms with E-state index in [0.29, 0.717) is 0 Å². The number of hydrogen-bond donors (Lipinski definition) is 0. The Labute approximate surface area is 170 Å². The van der Waals surface area contributed by atoms with Crippen molar-refractivity contribution in [3.8, 4) is 0 Å². The average molecular weight is 474 g/mol. The molecule has 0 aromatic rings. The maximum atomic E-state index is 9.87. The van der Waals surface area contributed by atoms with Crippen molar-refractivity contribution in [2.24, 2.45) is 10.8 Å². The Balaban J connectivity index is 0.000000480. The molecule has 0 unspecified atom stereocenters. The van der Waals surface area contributed by atoms with Crippen LogP contribution in [0.4, 0.5) is 25.2 Å². The van der Waals surface area contributed by atoms with Crippen molar-refractivity contribution >= 4 is 7.81 Å². The molecule has 0 bridgehead atoms. The summed E-state index contributed by atoms with van der Waals surface area (Å²) in [6.07, 6.45) is 0. The molecule has 0 heterocycles. The Morgan fingerprint density at radius 3 is 0.893 bits per heavy atom. The van der Waals surface area contributed by atoms with E-state index in [4.69, 9.17) is 0 Å². The second kappa shape index (κ2) is 6.49. The Morgan fingerprint density at radius 2 is 0.750 bits per heavy atom. The van der Waals surface area contributed by atoms with Gasteiger partial charge in [0.2, 0.25) is 0 Å². The molecule has 0 nitrogen and oxygen atoms in total. The Morgan fingerprint density at radius 1 is 0.536 bits per heavy atom. The van der Waals surface area contributed by atoms with Crippen LogP contribution in [-0.2, 0) is 14.7 Å². The summed E-state index contributed by atoms with van der Waals surface area (Å²) < 4.78 is 62.4. The first-order valence-corrected chi connectivity index (χ1v) is 11.9. The molecular formula is C20H30CoF6P-. The van der Waals surface area contributed by atoms with Crippen molar-refractivity contribution < 1.29 is 39.9 Å². The normalized spacial score (nSPS) is 24.6. The molecule has 2 aliphatic rings. The molecule has 0 aliphatic heterocycles. The van der Waals surface area contributed by atoms with E-state index >= 15 is 0 Å². The molecular weight excluding hydrogens is 444 g/mol. The van der Waals surface area contributed by atoms with Gasteiger partial charge in [-0.1, -0.05) is 0 Å². The van der Waals surface area contributed by atoms with Gasteiger partial charge in [0.05, 0.1) is 0 Å². The Kier molecular flexibility index (Phi) is 5.91. The third kappa shape index (κ3) is 5.76. The summed E-state index contributed by atoms with van der Waals surface area (Å²) in [5, 5.41) is 0. The van der Waals surface area contributed by atoms with Gasteiger partial charge in [-0.05, 0) is 0 Å². The van der Waals surface area contributed by atoms with Gasteiger partial charge in [0.1, 0.15) is 0 Å². The van der Waals surface area contributed by atoms with E-state index in [0.717, 1.165) is 0 Å². The van der Waals surface area contributed by atoms with E-state index in [-0.39, 0.29) is 10.8 Å². The van der Waals surface area contributed by atoms with Gasteiger partial charge in [-0.2, -0.15) is 0 Å². The van der Waals surface area contributed by atoms with Crippen LogP contribution in [-0.4, -0.2) is 0 Å². The van der Waals surface area contributed by atoms with Crippen molar-refractivity contribution in [1.29, 1.82) is 0 Å². The zero-order valence-corrected chi connectivity index (χ0v) is 20.0. The van der Waals surface area contributed by atoms with Gasteiger partial charge in [0.25, 0.3) is 0 Å². The first kappa shape index (κ1) is 25.5. The van der Waals surface area contributed by atoms with E-state index in [2.05, 4.69) is 69.2 Å². The molecule has 0 radical (unpaired) electrons. The SMILES string of the molecule is CC1=C(C)C(C)(C)[C]([Co][C]2=C(C)C(C)=C(C)C2(C)C)=C1C.F[P-](F)(F)(F)(F)F. The molecule has 0 saturated heterocycles. The number of rotatable bonds is 2. The number of halogens is 6. The van der Waals surface area contributed by atoms with Gasteiger partial charge in [-0.25, -0.2) is 0 Å². The van der Waals surface area contributed by atoms with Crippen LogP contribution in [0.2, 0.25) is 0 Å². The van der Waals surface area contributed by atoms with Crippen LogP contribution < -0.4 is 0 Å². The second-order valence-electron chi connectivity index (χ2n) is 8.62. The number of allylic oxidation sites excluding steroid dienone is 8. The molecule has 0 saturated carbocycles. The van der Waals surface area contributed by atoms with Gasteiger partial charge >= 0.3 is 170 Å². The Hall–Kier alpha value is -0.524. The fraction of sp³-hybridized carbons (Fsp3) is 0.600. The van der Waals surface area contributed by atoms with Crippen LogP contribution in [0, 0.1) is 10.8 Å². The van der Waals surface area contributed by atoms with Crippen LogP contribution in [0.25, 0.3) is 0 Å². The standard InChI is InChI=1S/2C10H15.Co.F6P/c2*1-7-6-10(4,5)9(3)8(7)2;;1-7(2,3,4,5)6/h2*1-5H3;;/q;;;-1. The van der Waals surface area contributed by atoms with Crippen LogP contribution in [0.15, 0.2) is 42.5 Å². The van der Waals surface area contributed by atoms with Crippen LogP contribution >= 0.6 is 7.81 Å². The molecule has 0 fully saturated rings. The summed E-state index contributed by atoms with van der Waals surface area (Å²) in [5.41, 5.74) is 9.49. The first-order chi connectivity index (χ1) is 11.9. The topological polar surface area (TPSA) is 0 Å². The molecule has 8 heteroatoms. The van der Waals surface area contributed by atoms with Gasteiger partial charge in [-0.3, -0.25) is 0 Å². The average Bonchev–Trinajstić information content (AvgIpc) is 2.68. The fourth-order valence-corrected chi connectivity index (χ4v) is 5.56. The minimum absolute atomic E-state index is 0.196. The van der Waals surface area contributed by atoms with Crippen LogP contribution in [0.3, 0.4) is 0 Å². The van der Waals surface area contributed by atoms with Gasteiger partial charge in [-0.15, -0.1) is 0 Å². The van der Waals surface area contributed by atoms with Gasteiger partial charge < -0.3 is 0 Å². The fourth-order valence-electron chi connectivity index (χ4n) is 3.48. The molecule has 0 amide bonds. The van der Waals surface area contributed by atoms with E-state index in [1.165, 1.54) is 48.1 Å². The van der Waals surface area contributed by atoms with Crippen molar-refractivity contribution in [1.82, 2.24) is 0 Å². The Bertz CT molecular complexity index is 767. The predicted molar refractivity (Wildman–Crippen MR) is 103 cm³/mol. The summed E-state index contributed by atoms with van der Waals surface area (Å²) in [6.45, 7) is 23.3. The zero-order chi connectivity index (χ0) is 22.7. The third-order valence-electron chi connectivity index (χ3n) is 5.96. The van der Waals surface area contributed by atoms with E-state index in [9.17, 15) is 25.2 Å². The molecule has 167 valence electrons. The van der Waals surface area contributed by atoms with Crippen molar-refractivity contribution in [2.45, 2.75) is 69.2 Å². The van der Waals surface area contributed by atoms with Crippen LogP contribution in [0.1, 0.15) is 69.2 Å². The molecule has 0 aromatic carbocycles. The van der Waals surface area contributed by atoms with Gasteiger partial charge in [0, 0.05) is 0 Å². The van der Waals surface area contributed by atoms with Crippen molar-refractivity contribution in [3.63, 3.8) is 0 Å². The predicted octanol–water partition coefficient (Wildman–Crippen LogP) is 9.75. The molecule has 0 spiro atoms. The summed E-state index contributed by atoms with van der Waals surface area (Å²) in [6, 6.07) is 0. The second-order valence-corrected chi connectivity index (χ2v) is 11.8. The molecule has 0 N–H and O–H groups in total. The monoisotopic (exact) mass is 474 g/mol. The summed E-state index contributed by atoms with van der Waals surface area (Å²) >= 11 is 1.47. The van der Waals surface area contributed by atoms with Crippen LogP contribution in [0.5, 0.6) is 0 Å². The maximum absolute atomic E-state index is 10.7. The quantitative estimate of drug-likeness (QED) is 0.276. The van der Waals surface area contributed by atoms with E-state index in [1.54, 1.807) is 9.02 Å². The molecule has 0 atom stereocenters. The van der Waals surface area contributed by atoms with Crippen molar-refractivity contribution in [3.05, 3.63) is 42.5 Å². The summed E-state index contributed by atoms with van der Waals surface area (Å²) in [5.74, 6) is 0. The van der Waals surface area contributed by atoms with E-state index in [1.807, 2.05) is 0 Å². The zero-order valence-electron chi connectivity index (χ0n) is 18.0. The summed E-state index contributed by atoms with van der Waals surface area (Å²) in [4.78, 5) is 0. The molecule has 2 rings (SSSR count). The van der Waals surface area contributed by atoms with Gasteiger partial charge in [0.15, 0.2) is 0 Å². The van der Waals surface area contributed by atoms with E-state index < -0.39 is 7.81 Å². The first-order valence-electron chi connectivity index (χ1n) is 8.85. The molecule has 28 heavy (non-hydrogen) atoms. The summed E-state index contributed by atoms with van der Waals surface area (Å²) in [7, 11) is -10.7. The number of hydrogen-bond acceptors (Lipinski definition) is 0. The van der Waals surface area contributed by atoms with Crippen molar-refractivity contribution in [2.75, 3.05) is 0 Å². The third-order valence-corrected chi connectivity index (χ3v) is 8.56. The molecule has 0 aromatic heterocycles. The minimum atomic E-state index is -10.7.